The van der Waals surface area contributed by atoms with Crippen molar-refractivity contribution in [2.45, 2.75) is 57.7 Å². The molecule has 53 heavy (non-hydrogen) atoms. The second-order valence-electron chi connectivity index (χ2n) is 15.8. The van der Waals surface area contributed by atoms with E-state index in [-0.39, 0.29) is 28.8 Å². The molecule has 12 heteroatoms. The molecule has 2 amide bonds. The van der Waals surface area contributed by atoms with Gasteiger partial charge in [-0.1, -0.05) is 48.0 Å². The van der Waals surface area contributed by atoms with Crippen molar-refractivity contribution in [2.75, 3.05) is 53.5 Å². The topological polar surface area (TPSA) is 113 Å². The maximum absolute atomic E-state index is 11.8. The van der Waals surface area contributed by atoms with Gasteiger partial charge in [0, 0.05) is 92.9 Å². The zero-order chi connectivity index (χ0) is 36.6. The van der Waals surface area contributed by atoms with Gasteiger partial charge in [-0.2, -0.15) is 0 Å². The van der Waals surface area contributed by atoms with E-state index in [4.69, 9.17) is 36.0 Å². The Morgan fingerprint density at radius 1 is 0.925 bits per heavy atom. The summed E-state index contributed by atoms with van der Waals surface area (Å²) >= 11 is 7.29. The van der Waals surface area contributed by atoms with Crippen LogP contribution in [0.4, 0.5) is 0 Å². The van der Waals surface area contributed by atoms with Crippen LogP contribution in [0.2, 0.25) is 5.02 Å². The van der Waals surface area contributed by atoms with Crippen molar-refractivity contribution in [3.05, 3.63) is 76.1 Å². The van der Waals surface area contributed by atoms with E-state index in [1.807, 2.05) is 35.4 Å². The van der Waals surface area contributed by atoms with Gasteiger partial charge in [0.1, 0.15) is 5.69 Å². The van der Waals surface area contributed by atoms with Crippen molar-refractivity contribution >= 4 is 23.4 Å². The normalized spacial score (nSPS) is 21.2. The minimum absolute atomic E-state index is 0.0880. The first-order valence-electron chi connectivity index (χ1n) is 18.5. The number of amides is 2. The smallest absolute Gasteiger partial charge is 0.237 e. The molecule has 0 bridgehead atoms. The van der Waals surface area contributed by atoms with Crippen LogP contribution in [0.5, 0.6) is 11.8 Å². The molecule has 1 unspecified atom stereocenters. The first kappa shape index (κ1) is 34.2. The van der Waals surface area contributed by atoms with Gasteiger partial charge in [-0.25, -0.2) is 9.97 Å². The number of rotatable bonds is 8. The fraction of sp³-hybridized carbons (Fsp3) is 0.439. The fourth-order valence-corrected chi connectivity index (χ4v) is 9.87. The van der Waals surface area contributed by atoms with Crippen LogP contribution < -0.4 is 14.8 Å². The number of halogens is 1. The number of aryl methyl sites for hydroxylation is 1. The maximum Gasteiger partial charge on any atom is 0.237 e. The molecule has 1 aliphatic carbocycles. The van der Waals surface area contributed by atoms with Gasteiger partial charge in [0.05, 0.1) is 42.4 Å². The molecule has 0 radical (unpaired) electrons. The van der Waals surface area contributed by atoms with Crippen LogP contribution in [0.15, 0.2) is 48.7 Å². The second kappa shape index (κ2) is 12.8. The van der Waals surface area contributed by atoms with E-state index in [1.54, 1.807) is 21.1 Å². The summed E-state index contributed by atoms with van der Waals surface area (Å²) in [5.41, 5.74) is 9.65. The van der Waals surface area contributed by atoms with Crippen molar-refractivity contribution in [2.24, 2.45) is 5.41 Å². The van der Waals surface area contributed by atoms with Crippen molar-refractivity contribution in [1.29, 1.82) is 0 Å². The van der Waals surface area contributed by atoms with Crippen LogP contribution >= 0.6 is 11.6 Å². The van der Waals surface area contributed by atoms with E-state index in [0.717, 1.165) is 103 Å². The Balaban J connectivity index is 0.958. The van der Waals surface area contributed by atoms with Crippen LogP contribution in [0.3, 0.4) is 0 Å². The highest BCUT2D eigenvalue weighted by Gasteiger charge is 2.55. The summed E-state index contributed by atoms with van der Waals surface area (Å²) < 4.78 is 11.7. The summed E-state index contributed by atoms with van der Waals surface area (Å²) in [6.45, 7) is 9.69. The van der Waals surface area contributed by atoms with Crippen LogP contribution in [0, 0.1) is 12.3 Å². The number of fused-ring (bicyclic) bond motifs is 1. The number of carbonyl (C=O) groups excluding carboxylic acids is 2. The number of aromatic nitrogens is 3. The predicted molar refractivity (Wildman–Crippen MR) is 202 cm³/mol. The van der Waals surface area contributed by atoms with Gasteiger partial charge in [0.15, 0.2) is 0 Å². The van der Waals surface area contributed by atoms with E-state index in [0.29, 0.717) is 29.7 Å². The number of hydrogen-bond donors (Lipinski definition) is 1. The summed E-state index contributed by atoms with van der Waals surface area (Å²) in [6, 6.07) is 14.7. The summed E-state index contributed by atoms with van der Waals surface area (Å²) in [6.07, 6.45) is 5.28. The Morgan fingerprint density at radius 3 is 2.32 bits per heavy atom. The molecule has 2 aromatic heterocycles. The number of pyridine rings is 1. The van der Waals surface area contributed by atoms with Crippen molar-refractivity contribution in [3.63, 3.8) is 0 Å². The quantitative estimate of drug-likeness (QED) is 0.252. The highest BCUT2D eigenvalue weighted by Crippen LogP contribution is 2.50. The molecule has 274 valence electrons. The Hall–Kier alpha value is -4.58. The van der Waals surface area contributed by atoms with E-state index >= 15 is 0 Å². The molecular formula is C41H44ClN7O4. The van der Waals surface area contributed by atoms with Crippen molar-refractivity contribution < 1.29 is 19.1 Å². The molecule has 9 rings (SSSR count). The second-order valence-corrected chi connectivity index (χ2v) is 16.1. The molecule has 4 aromatic rings. The zero-order valence-corrected chi connectivity index (χ0v) is 31.4. The zero-order valence-electron chi connectivity index (χ0n) is 30.7. The van der Waals surface area contributed by atoms with Gasteiger partial charge < -0.3 is 19.7 Å². The standard InChI is InChI=1S/C41H44ClN7O4/c1-24-27(7-5-8-28(24)32-16-43-33(38(45-32)52-3)17-47-22-41(23-47)14-13-35(51)46-41)29-9-6-10-30(37(29)42)31-15-26-11-12-34(36(26)39(44-31)53-4)49-20-40(21-49)18-48(19-40)25(2)50/h5-10,15-16,34H,11-14,17-23H2,1-4H3,(H,46,51). The predicted octanol–water partition coefficient (Wildman–Crippen LogP) is 5.47. The molecule has 4 saturated heterocycles. The number of ether oxygens (including phenoxy) is 2. The summed E-state index contributed by atoms with van der Waals surface area (Å²) in [7, 11) is 3.33. The van der Waals surface area contributed by atoms with Crippen molar-refractivity contribution in [1.82, 2.24) is 35.0 Å². The van der Waals surface area contributed by atoms with E-state index in [1.165, 1.54) is 11.1 Å². The average molecular weight is 734 g/mol. The molecule has 1 N–H and O–H groups in total. The van der Waals surface area contributed by atoms with E-state index < -0.39 is 0 Å². The lowest BCUT2D eigenvalue weighted by Crippen LogP contribution is -2.72. The van der Waals surface area contributed by atoms with Crippen molar-refractivity contribution in [3.8, 4) is 45.4 Å². The SMILES string of the molecule is COc1nc(-c2cccc(-c3cccc(-c4cc5c(c(OC)n4)C(N4CC6(CN(C(C)=O)C6)C4)CC5)c3Cl)c2C)cnc1CN1CC2(CCC(=O)N2)C1. The van der Waals surface area contributed by atoms with Gasteiger partial charge in [-0.15, -0.1) is 0 Å². The molecule has 2 aromatic carbocycles. The third kappa shape index (κ3) is 5.75. The number of benzene rings is 2. The molecule has 4 aliphatic heterocycles. The molecule has 0 saturated carbocycles. The lowest BCUT2D eigenvalue weighted by atomic mass is 9.72. The number of methoxy groups -OCH3 is 2. The lowest BCUT2D eigenvalue weighted by Gasteiger charge is -2.61. The molecule has 11 nitrogen and oxygen atoms in total. The Bertz CT molecular complexity index is 2150. The number of carbonyl (C=O) groups is 2. The molecule has 5 aliphatic rings. The molecule has 1 atom stereocenters. The molecule has 4 fully saturated rings. The molecular weight excluding hydrogens is 690 g/mol. The maximum atomic E-state index is 11.8. The van der Waals surface area contributed by atoms with Gasteiger partial charge in [0.25, 0.3) is 0 Å². The minimum Gasteiger partial charge on any atom is -0.481 e. The van der Waals surface area contributed by atoms with Gasteiger partial charge in [-0.3, -0.25) is 24.4 Å². The van der Waals surface area contributed by atoms with E-state index in [9.17, 15) is 9.59 Å². The van der Waals surface area contributed by atoms with Crippen LogP contribution in [0.1, 0.15) is 54.6 Å². The number of nitrogens with one attached hydrogen (secondary N) is 1. The first-order valence-corrected chi connectivity index (χ1v) is 18.9. The van der Waals surface area contributed by atoms with Gasteiger partial charge in [0.2, 0.25) is 23.6 Å². The number of nitrogens with zero attached hydrogens (tertiary/aromatic N) is 6. The average Bonchev–Trinajstić information content (AvgIpc) is 3.71. The Morgan fingerprint density at radius 2 is 1.62 bits per heavy atom. The Kier molecular flexibility index (Phi) is 8.25. The monoisotopic (exact) mass is 733 g/mol. The largest absolute Gasteiger partial charge is 0.481 e. The number of likely N-dealkylation sites (tertiary alicyclic amines) is 3. The fourth-order valence-electron chi connectivity index (χ4n) is 9.55. The first-order chi connectivity index (χ1) is 25.6. The highest BCUT2D eigenvalue weighted by atomic mass is 35.5. The Labute approximate surface area is 314 Å². The summed E-state index contributed by atoms with van der Waals surface area (Å²) in [5.74, 6) is 1.47. The molecule has 6 heterocycles. The molecule has 2 spiro atoms. The van der Waals surface area contributed by atoms with Crippen LogP contribution in [-0.4, -0.2) is 100 Å². The van der Waals surface area contributed by atoms with E-state index in [2.05, 4.69) is 40.2 Å². The van der Waals surface area contributed by atoms with Gasteiger partial charge >= 0.3 is 0 Å². The lowest BCUT2D eigenvalue weighted by molar-refractivity contribution is -0.161. The third-order valence-corrected chi connectivity index (χ3v) is 12.6. The van der Waals surface area contributed by atoms with Crippen LogP contribution in [-0.2, 0) is 22.6 Å². The minimum atomic E-state index is -0.0880. The highest BCUT2D eigenvalue weighted by molar-refractivity contribution is 6.36. The summed E-state index contributed by atoms with van der Waals surface area (Å²) in [5, 5.41) is 3.77. The number of hydrogen-bond acceptors (Lipinski definition) is 9. The summed E-state index contributed by atoms with van der Waals surface area (Å²) in [4.78, 5) is 45.1. The van der Waals surface area contributed by atoms with Crippen LogP contribution in [0.25, 0.3) is 33.6 Å². The van der Waals surface area contributed by atoms with Gasteiger partial charge in [-0.05, 0) is 48.9 Å². The third-order valence-electron chi connectivity index (χ3n) is 12.2.